The number of carbonyl (C=O) groups is 1. The number of fused-ring (bicyclic) bond motifs is 1. The van der Waals surface area contributed by atoms with E-state index >= 15 is 0 Å². The van der Waals surface area contributed by atoms with Crippen LogP contribution in [0.25, 0.3) is 11.0 Å². The van der Waals surface area contributed by atoms with Crippen molar-refractivity contribution in [1.29, 1.82) is 0 Å². The van der Waals surface area contributed by atoms with Crippen molar-refractivity contribution in [2.24, 2.45) is 0 Å². The van der Waals surface area contributed by atoms with Crippen molar-refractivity contribution in [2.75, 3.05) is 12.0 Å². The largest absolute Gasteiger partial charge is 0.383 e. The van der Waals surface area contributed by atoms with Gasteiger partial charge in [0.05, 0.1) is 5.39 Å². The van der Waals surface area contributed by atoms with Crippen LogP contribution in [0.4, 0.5) is 5.82 Å². The number of anilines is 1. The van der Waals surface area contributed by atoms with Gasteiger partial charge >= 0.3 is 0 Å². The lowest BCUT2D eigenvalue weighted by molar-refractivity contribution is 0.0948. The molecular formula is C13H11N5OS. The first-order chi connectivity index (χ1) is 9.72. The van der Waals surface area contributed by atoms with E-state index in [9.17, 15) is 4.79 Å². The zero-order valence-electron chi connectivity index (χ0n) is 10.6. The summed E-state index contributed by atoms with van der Waals surface area (Å²) in [6.07, 6.45) is 3.20. The molecule has 0 aliphatic heterocycles. The van der Waals surface area contributed by atoms with Crippen molar-refractivity contribution in [1.82, 2.24) is 19.7 Å². The molecule has 0 saturated heterocycles. The molecular weight excluding hydrogens is 274 g/mol. The minimum atomic E-state index is -0.242. The third-order valence-electron chi connectivity index (χ3n) is 2.87. The van der Waals surface area contributed by atoms with E-state index in [-0.39, 0.29) is 5.91 Å². The van der Waals surface area contributed by atoms with E-state index in [4.69, 9.17) is 5.73 Å². The second kappa shape index (κ2) is 4.93. The maximum Gasteiger partial charge on any atom is 0.280 e. The van der Waals surface area contributed by atoms with Crippen LogP contribution in [-0.4, -0.2) is 31.9 Å². The number of benzene rings is 1. The van der Waals surface area contributed by atoms with Gasteiger partial charge in [-0.3, -0.25) is 4.79 Å². The van der Waals surface area contributed by atoms with Crippen molar-refractivity contribution in [3.63, 3.8) is 0 Å². The Morgan fingerprint density at radius 3 is 2.70 bits per heavy atom. The maximum absolute atomic E-state index is 12.5. The van der Waals surface area contributed by atoms with E-state index in [1.165, 1.54) is 22.8 Å². The molecule has 0 bridgehead atoms. The second-order valence-corrected chi connectivity index (χ2v) is 4.84. The fourth-order valence-electron chi connectivity index (χ4n) is 1.93. The molecule has 0 spiro atoms. The fourth-order valence-corrected chi connectivity index (χ4v) is 2.49. The van der Waals surface area contributed by atoms with Crippen LogP contribution in [-0.2, 0) is 0 Å². The molecule has 0 radical (unpaired) electrons. The van der Waals surface area contributed by atoms with Crippen LogP contribution in [0.15, 0.2) is 41.7 Å². The zero-order chi connectivity index (χ0) is 14.1. The van der Waals surface area contributed by atoms with Gasteiger partial charge in [0.25, 0.3) is 5.91 Å². The summed E-state index contributed by atoms with van der Waals surface area (Å²) in [6, 6.07) is 8.93. The molecule has 2 N–H and O–H groups in total. The predicted octanol–water partition coefficient (Wildman–Crippen LogP) is 1.82. The van der Waals surface area contributed by atoms with Gasteiger partial charge in [0.2, 0.25) is 0 Å². The number of nitrogen functional groups attached to an aromatic ring is 1. The Balaban J connectivity index is 2.23. The molecule has 0 amide bonds. The molecule has 0 atom stereocenters. The highest BCUT2D eigenvalue weighted by Crippen LogP contribution is 2.28. The summed E-state index contributed by atoms with van der Waals surface area (Å²) < 4.78 is 1.27. The normalized spacial score (nSPS) is 10.8. The number of thioether (sulfide) groups is 1. The molecule has 1 aromatic carbocycles. The van der Waals surface area contributed by atoms with Crippen molar-refractivity contribution >= 4 is 34.5 Å². The van der Waals surface area contributed by atoms with Gasteiger partial charge in [-0.25, -0.2) is 9.97 Å². The third-order valence-corrected chi connectivity index (χ3v) is 3.54. The van der Waals surface area contributed by atoms with Crippen LogP contribution in [0.1, 0.15) is 10.4 Å². The molecule has 3 rings (SSSR count). The summed E-state index contributed by atoms with van der Waals surface area (Å²) >= 11 is 1.40. The van der Waals surface area contributed by atoms with Crippen molar-refractivity contribution < 1.29 is 4.79 Å². The average Bonchev–Trinajstić information content (AvgIpc) is 2.87. The predicted molar refractivity (Wildman–Crippen MR) is 77.7 cm³/mol. The van der Waals surface area contributed by atoms with Crippen LogP contribution < -0.4 is 5.73 Å². The molecule has 2 heterocycles. The van der Waals surface area contributed by atoms with Crippen LogP contribution in [0, 0.1) is 0 Å². The Hall–Kier alpha value is -2.41. The van der Waals surface area contributed by atoms with Crippen molar-refractivity contribution in [3.05, 3.63) is 42.2 Å². The Labute approximate surface area is 119 Å². The monoisotopic (exact) mass is 285 g/mol. The SMILES string of the molecule is CSc1nn(C(=O)c2ccccc2)c2ncnc(N)c12. The Morgan fingerprint density at radius 2 is 2.00 bits per heavy atom. The van der Waals surface area contributed by atoms with E-state index in [1.54, 1.807) is 24.3 Å². The highest BCUT2D eigenvalue weighted by Gasteiger charge is 2.19. The first kappa shape index (κ1) is 12.6. The maximum atomic E-state index is 12.5. The number of aromatic nitrogens is 4. The Bertz CT molecular complexity index is 784. The van der Waals surface area contributed by atoms with Gasteiger partial charge in [-0.15, -0.1) is 11.8 Å². The summed E-state index contributed by atoms with van der Waals surface area (Å²) in [5.74, 6) is 0.0838. The van der Waals surface area contributed by atoms with Gasteiger partial charge in [-0.2, -0.15) is 9.78 Å². The zero-order valence-corrected chi connectivity index (χ0v) is 11.5. The standard InChI is InChI=1S/C13H11N5OS/c1-20-12-9-10(14)15-7-16-11(9)18(17-12)13(19)8-5-3-2-4-6-8/h2-7H,1H3,(H2,14,15,16). The average molecular weight is 285 g/mol. The Morgan fingerprint density at radius 1 is 1.25 bits per heavy atom. The number of hydrogen-bond donors (Lipinski definition) is 1. The van der Waals surface area contributed by atoms with Gasteiger partial charge in [0.1, 0.15) is 17.2 Å². The van der Waals surface area contributed by atoms with E-state index in [1.807, 2.05) is 12.3 Å². The topological polar surface area (TPSA) is 86.7 Å². The lowest BCUT2D eigenvalue weighted by atomic mass is 10.2. The highest BCUT2D eigenvalue weighted by molar-refractivity contribution is 7.98. The van der Waals surface area contributed by atoms with Crippen LogP contribution in [0.3, 0.4) is 0 Å². The van der Waals surface area contributed by atoms with Crippen LogP contribution in [0.2, 0.25) is 0 Å². The van der Waals surface area contributed by atoms with E-state index in [0.717, 1.165) is 0 Å². The summed E-state index contributed by atoms with van der Waals surface area (Å²) in [4.78, 5) is 20.6. The molecule has 0 aliphatic carbocycles. The van der Waals surface area contributed by atoms with Crippen molar-refractivity contribution in [2.45, 2.75) is 5.03 Å². The smallest absolute Gasteiger partial charge is 0.280 e. The lowest BCUT2D eigenvalue weighted by Gasteiger charge is -2.01. The van der Waals surface area contributed by atoms with Gasteiger partial charge in [0.15, 0.2) is 5.65 Å². The second-order valence-electron chi connectivity index (χ2n) is 4.05. The highest BCUT2D eigenvalue weighted by atomic mass is 32.2. The van der Waals surface area contributed by atoms with E-state index < -0.39 is 0 Å². The van der Waals surface area contributed by atoms with Crippen LogP contribution >= 0.6 is 11.8 Å². The molecule has 2 aromatic heterocycles. The van der Waals surface area contributed by atoms with E-state index in [0.29, 0.717) is 27.4 Å². The Kier molecular flexibility index (Phi) is 3.11. The molecule has 3 aromatic rings. The molecule has 100 valence electrons. The third kappa shape index (κ3) is 1.92. The van der Waals surface area contributed by atoms with Gasteiger partial charge < -0.3 is 5.73 Å². The number of hydrogen-bond acceptors (Lipinski definition) is 6. The van der Waals surface area contributed by atoms with Gasteiger partial charge in [-0.1, -0.05) is 18.2 Å². The number of carbonyl (C=O) groups excluding carboxylic acids is 1. The molecule has 0 aliphatic rings. The summed E-state index contributed by atoms with van der Waals surface area (Å²) in [6.45, 7) is 0. The lowest BCUT2D eigenvalue weighted by Crippen LogP contribution is -2.14. The quantitative estimate of drug-likeness (QED) is 0.723. The van der Waals surface area contributed by atoms with E-state index in [2.05, 4.69) is 15.1 Å². The first-order valence-electron chi connectivity index (χ1n) is 5.85. The number of nitrogens with two attached hydrogens (primary N) is 1. The van der Waals surface area contributed by atoms with Crippen molar-refractivity contribution in [3.8, 4) is 0 Å². The first-order valence-corrected chi connectivity index (χ1v) is 7.08. The molecule has 7 heteroatoms. The fraction of sp³-hybridized carbons (Fsp3) is 0.0769. The molecule has 0 saturated carbocycles. The minimum Gasteiger partial charge on any atom is -0.383 e. The molecule has 0 fully saturated rings. The number of nitrogens with zero attached hydrogens (tertiary/aromatic N) is 4. The number of rotatable bonds is 2. The van der Waals surface area contributed by atoms with Crippen LogP contribution in [0.5, 0.6) is 0 Å². The summed E-state index contributed by atoms with van der Waals surface area (Å²) in [5.41, 5.74) is 6.83. The van der Waals surface area contributed by atoms with Gasteiger partial charge in [0, 0.05) is 5.56 Å². The summed E-state index contributed by atoms with van der Waals surface area (Å²) in [5, 5.41) is 5.55. The summed E-state index contributed by atoms with van der Waals surface area (Å²) in [7, 11) is 0. The molecule has 0 unspecified atom stereocenters. The van der Waals surface area contributed by atoms with Gasteiger partial charge in [-0.05, 0) is 18.4 Å². The molecule has 20 heavy (non-hydrogen) atoms. The minimum absolute atomic E-state index is 0.242. The molecule has 6 nitrogen and oxygen atoms in total.